The molecule has 2 aromatic carbocycles. The second-order valence-corrected chi connectivity index (χ2v) is 9.96. The second kappa shape index (κ2) is 10.1. The molecule has 1 N–H and O–H groups in total. The number of fused-ring (bicyclic) bond motifs is 4. The molecule has 1 unspecified atom stereocenters. The molecule has 3 saturated heterocycles. The van der Waals surface area contributed by atoms with Gasteiger partial charge in [0.1, 0.15) is 24.4 Å². The monoisotopic (exact) mass is 562 g/mol. The van der Waals surface area contributed by atoms with Crippen molar-refractivity contribution in [2.45, 2.75) is 37.7 Å². The summed E-state index contributed by atoms with van der Waals surface area (Å²) in [5, 5.41) is 12.7. The fourth-order valence-electron chi connectivity index (χ4n) is 6.28. The van der Waals surface area contributed by atoms with Crippen LogP contribution in [-0.4, -0.2) is 40.8 Å². The Morgan fingerprint density at radius 2 is 1.94 bits per heavy atom. The zero-order valence-electron chi connectivity index (χ0n) is 20.1. The predicted molar refractivity (Wildman–Crippen MR) is 129 cm³/mol. The van der Waals surface area contributed by atoms with Crippen molar-refractivity contribution in [1.82, 2.24) is 4.98 Å². The quantitative estimate of drug-likeness (QED) is 0.371. The molecule has 4 nitrogen and oxygen atoms in total. The Hall–Kier alpha value is -2.42. The van der Waals surface area contributed by atoms with E-state index in [1.54, 1.807) is 25.4 Å². The molecule has 6 rings (SSSR count). The Morgan fingerprint density at radius 1 is 1.19 bits per heavy atom. The highest BCUT2D eigenvalue weighted by Crippen LogP contribution is 2.48. The molecule has 8 heteroatoms. The Balaban J connectivity index is 0.00000304. The fourth-order valence-corrected chi connectivity index (χ4v) is 6.28. The molecule has 36 heavy (non-hydrogen) atoms. The number of rotatable bonds is 6. The van der Waals surface area contributed by atoms with Crippen molar-refractivity contribution in [2.75, 3.05) is 20.2 Å². The van der Waals surface area contributed by atoms with Crippen LogP contribution in [0.25, 0.3) is 10.9 Å². The molecule has 1 aromatic heterocycles. The number of pyridine rings is 1. The van der Waals surface area contributed by atoms with Crippen LogP contribution in [0.5, 0.6) is 5.75 Å². The van der Waals surface area contributed by atoms with E-state index in [0.717, 1.165) is 60.1 Å². The van der Waals surface area contributed by atoms with Gasteiger partial charge >= 0.3 is 6.18 Å². The zero-order valence-corrected chi connectivity index (χ0v) is 21.7. The van der Waals surface area contributed by atoms with Gasteiger partial charge in [-0.15, -0.1) is 6.58 Å². The molecule has 3 aliphatic heterocycles. The summed E-state index contributed by atoms with van der Waals surface area (Å²) >= 11 is 0. The lowest BCUT2D eigenvalue weighted by molar-refractivity contribution is -0.984. The minimum Gasteiger partial charge on any atom is -1.00 e. The molecule has 3 aromatic rings. The van der Waals surface area contributed by atoms with Crippen LogP contribution in [-0.2, 0) is 12.7 Å². The van der Waals surface area contributed by atoms with E-state index in [1.165, 1.54) is 0 Å². The summed E-state index contributed by atoms with van der Waals surface area (Å²) in [7, 11) is 1.61. The highest BCUT2D eigenvalue weighted by Gasteiger charge is 2.54. The Morgan fingerprint density at radius 3 is 2.61 bits per heavy atom. The topological polar surface area (TPSA) is 42.4 Å². The summed E-state index contributed by atoms with van der Waals surface area (Å²) in [4.78, 5) is 4.45. The summed E-state index contributed by atoms with van der Waals surface area (Å²) in [5.74, 6) is 1.48. The molecular formula is C28H30BrF3N2O2. The number of piperidine rings is 3. The number of hydrogen-bond donors (Lipinski definition) is 1. The van der Waals surface area contributed by atoms with Crippen LogP contribution in [0, 0.1) is 11.8 Å². The molecule has 5 atom stereocenters. The van der Waals surface area contributed by atoms with Crippen molar-refractivity contribution in [3.8, 4) is 5.75 Å². The Kier molecular flexibility index (Phi) is 7.51. The number of benzene rings is 2. The molecule has 0 spiro atoms. The minimum atomic E-state index is -4.36. The zero-order chi connectivity index (χ0) is 24.8. The average molecular weight is 563 g/mol. The number of nitrogens with zero attached hydrogens (tertiary/aromatic N) is 2. The van der Waals surface area contributed by atoms with Gasteiger partial charge in [0.15, 0.2) is 0 Å². The number of hydrogen-bond acceptors (Lipinski definition) is 3. The lowest BCUT2D eigenvalue weighted by Crippen LogP contribution is -3.00. The maximum Gasteiger partial charge on any atom is 0.416 e. The standard InChI is InChI=1S/C28H30F3N2O2.BrH/c1-3-19-17-33(16-18-4-6-21(7-5-18)28(29,30)31)13-11-20(19)14-26(33)27(34)23-10-12-32-25-9-8-22(35-2)15-24(23)25;/h3-10,12,15,19-20,26-27,34H,1,11,13-14,16-17H2,2H3;1H/q+1;/p-1/t19-,20-,26-,27+,33?;/m0./s1. The first kappa shape index (κ1) is 26.6. The second-order valence-electron chi connectivity index (χ2n) is 9.96. The van der Waals surface area contributed by atoms with Crippen LogP contribution in [0.15, 0.2) is 67.4 Å². The molecular weight excluding hydrogens is 533 g/mol. The SMILES string of the molecule is C=C[C@H]1C[N+]2(Cc3ccc(C(F)(F)F)cc3)CC[C@H]1C[C@H]2[C@H](O)c1ccnc2ccc(OC)cc12.[Br-]. The molecule has 0 saturated carbocycles. The summed E-state index contributed by atoms with van der Waals surface area (Å²) in [6.45, 7) is 6.32. The molecule has 3 aliphatic rings. The molecule has 192 valence electrons. The Labute approximate surface area is 219 Å². The van der Waals surface area contributed by atoms with Gasteiger partial charge in [-0.05, 0) is 47.9 Å². The smallest absolute Gasteiger partial charge is 0.416 e. The van der Waals surface area contributed by atoms with Gasteiger partial charge in [-0.3, -0.25) is 4.98 Å². The number of aliphatic hydroxyl groups excluding tert-OH is 1. The number of halogens is 4. The van der Waals surface area contributed by atoms with E-state index in [9.17, 15) is 18.3 Å². The number of ether oxygens (including phenoxy) is 1. The van der Waals surface area contributed by atoms with E-state index in [-0.39, 0.29) is 23.0 Å². The van der Waals surface area contributed by atoms with Gasteiger partial charge in [0.2, 0.25) is 0 Å². The molecule has 2 bridgehead atoms. The summed E-state index contributed by atoms with van der Waals surface area (Å²) in [6.07, 6.45) is 0.494. The van der Waals surface area contributed by atoms with Crippen molar-refractivity contribution in [2.24, 2.45) is 11.8 Å². The van der Waals surface area contributed by atoms with Crippen LogP contribution < -0.4 is 21.7 Å². The molecule has 0 aliphatic carbocycles. The lowest BCUT2D eigenvalue weighted by Gasteiger charge is -2.58. The van der Waals surface area contributed by atoms with Crippen LogP contribution in [0.4, 0.5) is 13.2 Å². The van der Waals surface area contributed by atoms with Crippen LogP contribution >= 0.6 is 0 Å². The molecule has 4 heterocycles. The summed E-state index contributed by atoms with van der Waals surface area (Å²) in [5.41, 5.74) is 1.80. The van der Waals surface area contributed by atoms with Gasteiger partial charge in [0.05, 0.1) is 31.3 Å². The highest BCUT2D eigenvalue weighted by molar-refractivity contribution is 5.83. The number of methoxy groups -OCH3 is 1. The van der Waals surface area contributed by atoms with Crippen molar-refractivity contribution in [3.05, 3.63) is 84.1 Å². The fraction of sp³-hybridized carbons (Fsp3) is 0.393. The largest absolute Gasteiger partial charge is 1.00 e. The Bertz CT molecular complexity index is 1230. The normalized spacial score (nSPS) is 26.3. The minimum absolute atomic E-state index is 0. The van der Waals surface area contributed by atoms with Gasteiger partial charge in [0.25, 0.3) is 0 Å². The third-order valence-corrected chi connectivity index (χ3v) is 8.12. The number of alkyl halides is 3. The average Bonchev–Trinajstić information content (AvgIpc) is 2.87. The molecule has 3 fully saturated rings. The van der Waals surface area contributed by atoms with Crippen molar-refractivity contribution in [1.29, 1.82) is 0 Å². The summed E-state index contributed by atoms with van der Waals surface area (Å²) < 4.78 is 45.3. The van der Waals surface area contributed by atoms with E-state index < -0.39 is 17.8 Å². The van der Waals surface area contributed by atoms with Crippen LogP contribution in [0.1, 0.15) is 35.6 Å². The lowest BCUT2D eigenvalue weighted by atomic mass is 9.71. The first-order valence-corrected chi connectivity index (χ1v) is 12.0. The van der Waals surface area contributed by atoms with Gasteiger partial charge in [-0.25, -0.2) is 0 Å². The first-order chi connectivity index (χ1) is 16.7. The highest BCUT2D eigenvalue weighted by atomic mass is 79.9. The molecule has 0 radical (unpaired) electrons. The number of aromatic nitrogens is 1. The van der Waals surface area contributed by atoms with Crippen molar-refractivity contribution >= 4 is 10.9 Å². The van der Waals surface area contributed by atoms with E-state index in [2.05, 4.69) is 11.6 Å². The maximum absolute atomic E-state index is 13.1. The van der Waals surface area contributed by atoms with Crippen LogP contribution in [0.2, 0.25) is 0 Å². The third-order valence-electron chi connectivity index (χ3n) is 8.12. The third kappa shape index (κ3) is 4.78. The predicted octanol–water partition coefficient (Wildman–Crippen LogP) is 2.91. The van der Waals surface area contributed by atoms with Gasteiger partial charge in [-0.1, -0.05) is 18.2 Å². The van der Waals surface area contributed by atoms with E-state index in [1.807, 2.05) is 30.3 Å². The van der Waals surface area contributed by atoms with Gasteiger partial charge < -0.3 is 31.3 Å². The maximum atomic E-state index is 13.1. The number of quaternary nitrogens is 1. The summed E-state index contributed by atoms with van der Waals surface area (Å²) in [6, 6.07) is 12.9. The van der Waals surface area contributed by atoms with E-state index >= 15 is 0 Å². The molecule has 0 amide bonds. The van der Waals surface area contributed by atoms with Crippen molar-refractivity contribution < 1.29 is 44.5 Å². The van der Waals surface area contributed by atoms with E-state index in [4.69, 9.17) is 4.74 Å². The van der Waals surface area contributed by atoms with Crippen molar-refractivity contribution in [3.63, 3.8) is 0 Å². The van der Waals surface area contributed by atoms with Gasteiger partial charge in [-0.2, -0.15) is 13.2 Å². The number of aliphatic hydroxyl groups is 1. The van der Waals surface area contributed by atoms with Gasteiger partial charge in [0, 0.05) is 35.9 Å². The van der Waals surface area contributed by atoms with E-state index in [0.29, 0.717) is 28.6 Å². The first-order valence-electron chi connectivity index (χ1n) is 12.0. The van der Waals surface area contributed by atoms with Crippen LogP contribution in [0.3, 0.4) is 0 Å².